The highest BCUT2D eigenvalue weighted by molar-refractivity contribution is 8.76. The summed E-state index contributed by atoms with van der Waals surface area (Å²) in [5.74, 6) is -0.545. The Kier molecular flexibility index (Phi) is 5.80. The first-order valence-corrected chi connectivity index (χ1v) is 13.1. The number of hydrogen-bond acceptors (Lipinski definition) is 8. The molecule has 0 amide bonds. The fourth-order valence-corrected chi connectivity index (χ4v) is 6.14. The molecule has 10 heteroatoms. The summed E-state index contributed by atoms with van der Waals surface area (Å²) in [6.45, 7) is 0. The van der Waals surface area contributed by atoms with Crippen LogP contribution in [0.4, 0.5) is 0 Å². The molecule has 6 aromatic rings. The number of benzene rings is 4. The van der Waals surface area contributed by atoms with E-state index in [9.17, 15) is 9.59 Å². The number of hydrogen-bond donors (Lipinski definition) is 0. The van der Waals surface area contributed by atoms with Gasteiger partial charge in [-0.25, -0.2) is 0 Å². The van der Waals surface area contributed by atoms with Crippen LogP contribution in [0.15, 0.2) is 107 Å². The van der Waals surface area contributed by atoms with Gasteiger partial charge in [0.05, 0.1) is 22.2 Å². The summed E-state index contributed by atoms with van der Waals surface area (Å²) in [5.41, 5.74) is 3.59. The topological polar surface area (TPSA) is 95.6 Å². The largest absolute Gasteiger partial charge is 0.281 e. The van der Waals surface area contributed by atoms with Gasteiger partial charge in [0, 0.05) is 9.79 Å². The molecule has 0 unspecified atom stereocenters. The molecule has 0 radical (unpaired) electrons. The van der Waals surface area contributed by atoms with E-state index in [0.717, 1.165) is 9.79 Å². The number of carbonyl (C=O) groups is 2. The van der Waals surface area contributed by atoms with Gasteiger partial charge in [0.25, 0.3) is 11.8 Å². The molecule has 8 nitrogen and oxygen atoms in total. The highest BCUT2D eigenvalue weighted by Crippen LogP contribution is 2.41. The van der Waals surface area contributed by atoms with Crippen molar-refractivity contribution in [3.8, 4) is 0 Å². The standard InChI is InChI=1S/C26H16N6O2S2/c33-25(31-21-13-5-3-11-19(21)27-29-31)17-9-1-7-15-23(17)35-36-24-16-8-2-10-18(24)26(34)32-22-14-6-4-12-20(22)28-30-32/h1-16H. The SMILES string of the molecule is O=C(c1ccccc1SSc1ccccc1C(=O)n1nnc2ccccc21)n1nnc2ccccc21. The van der Waals surface area contributed by atoms with Gasteiger partial charge < -0.3 is 0 Å². The second-order valence-electron chi connectivity index (χ2n) is 7.75. The fourth-order valence-electron chi connectivity index (χ4n) is 3.79. The van der Waals surface area contributed by atoms with Crippen LogP contribution in [0, 0.1) is 0 Å². The maximum atomic E-state index is 13.4. The zero-order valence-corrected chi connectivity index (χ0v) is 20.2. The predicted molar refractivity (Wildman–Crippen MR) is 139 cm³/mol. The van der Waals surface area contributed by atoms with E-state index in [1.807, 2.05) is 84.9 Å². The van der Waals surface area contributed by atoms with Crippen molar-refractivity contribution >= 4 is 55.5 Å². The molecule has 4 aromatic carbocycles. The zero-order valence-electron chi connectivity index (χ0n) is 18.6. The molecule has 6 rings (SSSR count). The Labute approximate surface area is 212 Å². The van der Waals surface area contributed by atoms with Gasteiger partial charge in [0.1, 0.15) is 11.0 Å². The van der Waals surface area contributed by atoms with Gasteiger partial charge in [-0.3, -0.25) is 9.59 Å². The maximum absolute atomic E-state index is 13.4. The second kappa shape index (κ2) is 9.40. The quantitative estimate of drug-likeness (QED) is 0.288. The highest BCUT2D eigenvalue weighted by Gasteiger charge is 2.20. The third-order valence-corrected chi connectivity index (χ3v) is 8.03. The molecule has 174 valence electrons. The van der Waals surface area contributed by atoms with E-state index in [1.165, 1.54) is 31.0 Å². The van der Waals surface area contributed by atoms with Crippen molar-refractivity contribution in [1.29, 1.82) is 0 Å². The highest BCUT2D eigenvalue weighted by atomic mass is 33.1. The molecule has 0 atom stereocenters. The molecule has 0 saturated heterocycles. The molecule has 36 heavy (non-hydrogen) atoms. The fraction of sp³-hybridized carbons (Fsp3) is 0. The lowest BCUT2D eigenvalue weighted by Gasteiger charge is -2.10. The maximum Gasteiger partial charge on any atom is 0.281 e. The molecule has 0 N–H and O–H groups in total. The summed E-state index contributed by atoms with van der Waals surface area (Å²) in [5, 5.41) is 16.3. The number of rotatable bonds is 5. The van der Waals surface area contributed by atoms with Crippen molar-refractivity contribution in [1.82, 2.24) is 30.0 Å². The van der Waals surface area contributed by atoms with Crippen LogP contribution in [0.1, 0.15) is 20.7 Å². The van der Waals surface area contributed by atoms with Gasteiger partial charge in [-0.1, -0.05) is 80.5 Å². The van der Waals surface area contributed by atoms with E-state index in [1.54, 1.807) is 12.1 Å². The van der Waals surface area contributed by atoms with E-state index in [-0.39, 0.29) is 11.8 Å². The van der Waals surface area contributed by atoms with Crippen LogP contribution in [0.2, 0.25) is 0 Å². The van der Waals surface area contributed by atoms with Crippen LogP contribution < -0.4 is 0 Å². The zero-order chi connectivity index (χ0) is 24.5. The normalized spacial score (nSPS) is 11.2. The van der Waals surface area contributed by atoms with Crippen LogP contribution in [0.3, 0.4) is 0 Å². The van der Waals surface area contributed by atoms with E-state index in [2.05, 4.69) is 20.6 Å². The van der Waals surface area contributed by atoms with Crippen molar-refractivity contribution in [3.63, 3.8) is 0 Å². The van der Waals surface area contributed by atoms with E-state index < -0.39 is 0 Å². The van der Waals surface area contributed by atoms with Crippen LogP contribution in [-0.2, 0) is 0 Å². The van der Waals surface area contributed by atoms with E-state index in [0.29, 0.717) is 33.2 Å². The van der Waals surface area contributed by atoms with Gasteiger partial charge in [0.15, 0.2) is 0 Å². The smallest absolute Gasteiger partial charge is 0.267 e. The summed E-state index contributed by atoms with van der Waals surface area (Å²) in [7, 11) is 2.80. The molecule has 2 heterocycles. The average molecular weight is 509 g/mol. The number of aromatic nitrogens is 6. The number of nitrogens with zero attached hydrogens (tertiary/aromatic N) is 6. The van der Waals surface area contributed by atoms with Crippen molar-refractivity contribution < 1.29 is 9.59 Å². The molecule has 0 aliphatic heterocycles. The number of fused-ring (bicyclic) bond motifs is 2. The molecule has 0 aliphatic rings. The molecule has 0 fully saturated rings. The first-order chi connectivity index (χ1) is 17.7. The molecule has 0 bridgehead atoms. The molecular weight excluding hydrogens is 492 g/mol. The number of carbonyl (C=O) groups excluding carboxylic acids is 2. The predicted octanol–water partition coefficient (Wildman–Crippen LogP) is 5.35. The lowest BCUT2D eigenvalue weighted by atomic mass is 10.2. The van der Waals surface area contributed by atoms with Crippen LogP contribution in [0.25, 0.3) is 22.1 Å². The molecule has 0 aliphatic carbocycles. The Morgan fingerprint density at radius 2 is 0.917 bits per heavy atom. The Morgan fingerprint density at radius 1 is 0.528 bits per heavy atom. The van der Waals surface area contributed by atoms with Gasteiger partial charge in [-0.2, -0.15) is 9.36 Å². The van der Waals surface area contributed by atoms with Gasteiger partial charge >= 0.3 is 0 Å². The Balaban J connectivity index is 1.29. The monoisotopic (exact) mass is 508 g/mol. The minimum absolute atomic E-state index is 0.272. The van der Waals surface area contributed by atoms with Gasteiger partial charge in [-0.05, 0) is 48.5 Å². The minimum atomic E-state index is -0.272. The Hall–Kier alpha value is -4.28. The summed E-state index contributed by atoms with van der Waals surface area (Å²) in [6.07, 6.45) is 0. The first kappa shape index (κ1) is 22.2. The van der Waals surface area contributed by atoms with Gasteiger partial charge in [-0.15, -0.1) is 10.2 Å². The van der Waals surface area contributed by atoms with Gasteiger partial charge in [0.2, 0.25) is 0 Å². The third kappa shape index (κ3) is 3.96. The number of para-hydroxylation sites is 2. The lowest BCUT2D eigenvalue weighted by molar-refractivity contribution is 0.0937. The summed E-state index contributed by atoms with van der Waals surface area (Å²) >= 11 is 0. The molecular formula is C26H16N6O2S2. The molecule has 0 saturated carbocycles. The third-order valence-electron chi connectivity index (χ3n) is 5.54. The lowest BCUT2D eigenvalue weighted by Crippen LogP contribution is -2.15. The van der Waals surface area contributed by atoms with Crippen LogP contribution in [0.5, 0.6) is 0 Å². The van der Waals surface area contributed by atoms with Crippen LogP contribution >= 0.6 is 21.6 Å². The van der Waals surface area contributed by atoms with E-state index >= 15 is 0 Å². The Morgan fingerprint density at radius 3 is 1.39 bits per heavy atom. The summed E-state index contributed by atoms with van der Waals surface area (Å²) < 4.78 is 2.62. The summed E-state index contributed by atoms with van der Waals surface area (Å²) in [4.78, 5) is 28.2. The van der Waals surface area contributed by atoms with Crippen molar-refractivity contribution in [2.45, 2.75) is 9.79 Å². The van der Waals surface area contributed by atoms with E-state index in [4.69, 9.17) is 0 Å². The average Bonchev–Trinajstić information content (AvgIpc) is 3.56. The molecule has 2 aromatic heterocycles. The van der Waals surface area contributed by atoms with Crippen LogP contribution in [-0.4, -0.2) is 41.8 Å². The van der Waals surface area contributed by atoms with Crippen molar-refractivity contribution in [3.05, 3.63) is 108 Å². The minimum Gasteiger partial charge on any atom is -0.267 e. The van der Waals surface area contributed by atoms with Crippen molar-refractivity contribution in [2.24, 2.45) is 0 Å². The second-order valence-corrected chi connectivity index (χ2v) is 9.96. The summed E-state index contributed by atoms with van der Waals surface area (Å²) in [6, 6.07) is 29.3. The Bertz CT molecular complexity index is 1630. The molecule has 0 spiro atoms. The first-order valence-electron chi connectivity index (χ1n) is 10.9. The van der Waals surface area contributed by atoms with Crippen molar-refractivity contribution in [2.75, 3.05) is 0 Å².